The van der Waals surface area contributed by atoms with Gasteiger partial charge in [-0.15, -0.1) is 0 Å². The van der Waals surface area contributed by atoms with E-state index in [1.165, 1.54) is 12.1 Å². The molecule has 0 spiro atoms. The van der Waals surface area contributed by atoms with Crippen molar-refractivity contribution in [1.82, 2.24) is 0 Å². The van der Waals surface area contributed by atoms with E-state index in [0.29, 0.717) is 24.5 Å². The Morgan fingerprint density at radius 2 is 1.81 bits per heavy atom. The van der Waals surface area contributed by atoms with E-state index in [1.54, 1.807) is 6.07 Å². The van der Waals surface area contributed by atoms with Gasteiger partial charge in [-0.1, -0.05) is 37.3 Å². The Morgan fingerprint density at radius 1 is 1.10 bits per heavy atom. The molecule has 21 heavy (non-hydrogen) atoms. The highest BCUT2D eigenvalue weighted by molar-refractivity contribution is 7.91. The summed E-state index contributed by atoms with van der Waals surface area (Å²) in [5, 5.41) is 0. The van der Waals surface area contributed by atoms with Gasteiger partial charge in [-0.2, -0.15) is 0 Å². The van der Waals surface area contributed by atoms with Crippen LogP contribution in [0.3, 0.4) is 0 Å². The lowest BCUT2D eigenvalue weighted by molar-refractivity contribution is 0.307. The first kappa shape index (κ1) is 15.4. The van der Waals surface area contributed by atoms with E-state index in [9.17, 15) is 8.42 Å². The lowest BCUT2D eigenvalue weighted by Crippen LogP contribution is -2.07. The van der Waals surface area contributed by atoms with Crippen molar-refractivity contribution in [2.45, 2.75) is 24.8 Å². The van der Waals surface area contributed by atoms with Crippen molar-refractivity contribution in [2.75, 3.05) is 11.5 Å². The second kappa shape index (κ2) is 6.63. The van der Waals surface area contributed by atoms with Crippen molar-refractivity contribution in [1.29, 1.82) is 0 Å². The Labute approximate surface area is 125 Å². The maximum Gasteiger partial charge on any atom is 0.178 e. The number of hydrogen-bond donors (Lipinski definition) is 1. The molecule has 0 fully saturated rings. The first-order chi connectivity index (χ1) is 10.0. The fourth-order valence-electron chi connectivity index (χ4n) is 1.96. The molecule has 0 aliphatic rings. The summed E-state index contributed by atoms with van der Waals surface area (Å²) in [6.45, 7) is 2.18. The maximum atomic E-state index is 12.1. The van der Waals surface area contributed by atoms with Crippen LogP contribution in [-0.2, 0) is 16.4 Å². The highest BCUT2D eigenvalue weighted by Crippen LogP contribution is 2.26. The Bertz CT molecular complexity index is 697. The molecule has 4 nitrogen and oxygen atoms in total. The van der Waals surface area contributed by atoms with Gasteiger partial charge in [0.05, 0.1) is 16.3 Å². The molecule has 2 N–H and O–H groups in total. The first-order valence-corrected chi connectivity index (χ1v) is 8.47. The van der Waals surface area contributed by atoms with Crippen LogP contribution >= 0.6 is 0 Å². The Hall–Kier alpha value is -2.01. The van der Waals surface area contributed by atoms with Crippen LogP contribution in [0.1, 0.15) is 18.9 Å². The Morgan fingerprint density at radius 3 is 2.48 bits per heavy atom. The zero-order chi connectivity index (χ0) is 15.3. The molecular weight excluding hydrogens is 286 g/mol. The van der Waals surface area contributed by atoms with Crippen molar-refractivity contribution in [3.05, 3.63) is 54.1 Å². The fraction of sp³-hybridized carbons (Fsp3) is 0.250. The molecule has 2 aromatic carbocycles. The van der Waals surface area contributed by atoms with Crippen molar-refractivity contribution in [2.24, 2.45) is 0 Å². The third kappa shape index (κ3) is 3.98. The van der Waals surface area contributed by atoms with Gasteiger partial charge in [-0.25, -0.2) is 8.42 Å². The lowest BCUT2D eigenvalue weighted by Gasteiger charge is -2.11. The minimum Gasteiger partial charge on any atom is -0.487 e. The average molecular weight is 305 g/mol. The second-order valence-corrected chi connectivity index (χ2v) is 6.90. The second-order valence-electron chi connectivity index (χ2n) is 4.79. The summed E-state index contributed by atoms with van der Waals surface area (Å²) in [7, 11) is -3.27. The van der Waals surface area contributed by atoms with Gasteiger partial charge in [-0.3, -0.25) is 0 Å². The topological polar surface area (TPSA) is 69.4 Å². The van der Waals surface area contributed by atoms with Crippen LogP contribution in [0.15, 0.2) is 53.4 Å². The van der Waals surface area contributed by atoms with Crippen LogP contribution in [0.5, 0.6) is 5.75 Å². The molecule has 0 heterocycles. The SMILES string of the molecule is CCCS(=O)(=O)c1ccc(N)c(OCc2ccccc2)c1. The largest absolute Gasteiger partial charge is 0.487 e. The van der Waals surface area contributed by atoms with Gasteiger partial charge in [0.1, 0.15) is 12.4 Å². The monoisotopic (exact) mass is 305 g/mol. The summed E-state index contributed by atoms with van der Waals surface area (Å²) < 4.78 is 29.8. The van der Waals surface area contributed by atoms with Crippen LogP contribution in [-0.4, -0.2) is 14.2 Å². The van der Waals surface area contributed by atoms with Gasteiger partial charge in [-0.05, 0) is 24.1 Å². The lowest BCUT2D eigenvalue weighted by atomic mass is 10.2. The van der Waals surface area contributed by atoms with E-state index < -0.39 is 9.84 Å². The van der Waals surface area contributed by atoms with Gasteiger partial charge in [0.25, 0.3) is 0 Å². The van der Waals surface area contributed by atoms with Crippen LogP contribution in [0.4, 0.5) is 5.69 Å². The molecule has 0 radical (unpaired) electrons. The normalized spacial score (nSPS) is 11.3. The zero-order valence-electron chi connectivity index (χ0n) is 12.0. The minimum absolute atomic E-state index is 0.120. The third-order valence-corrected chi connectivity index (χ3v) is 4.97. The molecule has 2 aromatic rings. The van der Waals surface area contributed by atoms with E-state index in [4.69, 9.17) is 10.5 Å². The van der Waals surface area contributed by atoms with Crippen molar-refractivity contribution >= 4 is 15.5 Å². The molecule has 0 saturated carbocycles. The molecule has 0 atom stereocenters. The van der Waals surface area contributed by atoms with Gasteiger partial charge in [0, 0.05) is 6.07 Å². The van der Waals surface area contributed by atoms with E-state index in [-0.39, 0.29) is 10.6 Å². The van der Waals surface area contributed by atoms with Gasteiger partial charge < -0.3 is 10.5 Å². The summed E-state index contributed by atoms with van der Waals surface area (Å²) in [6.07, 6.45) is 0.576. The number of nitrogens with two attached hydrogens (primary N) is 1. The van der Waals surface area contributed by atoms with Gasteiger partial charge in [0.15, 0.2) is 9.84 Å². The van der Waals surface area contributed by atoms with Crippen LogP contribution < -0.4 is 10.5 Å². The molecular formula is C16H19NO3S. The summed E-state index contributed by atoms with van der Waals surface area (Å²) in [5.41, 5.74) is 7.28. The highest BCUT2D eigenvalue weighted by atomic mass is 32.2. The van der Waals surface area contributed by atoms with Crippen LogP contribution in [0.2, 0.25) is 0 Å². The molecule has 0 aliphatic heterocycles. The zero-order valence-corrected chi connectivity index (χ0v) is 12.8. The van der Waals surface area contributed by atoms with Crippen LogP contribution in [0, 0.1) is 0 Å². The number of sulfone groups is 1. The standard InChI is InChI=1S/C16H19NO3S/c1-2-10-21(18,19)14-8-9-15(17)16(11-14)20-12-13-6-4-3-5-7-13/h3-9,11H,2,10,12,17H2,1H3. The molecule has 0 amide bonds. The number of hydrogen-bond acceptors (Lipinski definition) is 4. The van der Waals surface area contributed by atoms with Crippen molar-refractivity contribution < 1.29 is 13.2 Å². The van der Waals surface area contributed by atoms with E-state index in [2.05, 4.69) is 0 Å². The average Bonchev–Trinajstić information content (AvgIpc) is 2.47. The molecule has 5 heteroatoms. The molecule has 0 aliphatic carbocycles. The predicted molar refractivity (Wildman–Crippen MR) is 84.0 cm³/mol. The Balaban J connectivity index is 2.20. The molecule has 0 unspecified atom stereocenters. The molecule has 112 valence electrons. The van der Waals surface area contributed by atoms with Crippen molar-refractivity contribution in [3.63, 3.8) is 0 Å². The first-order valence-electron chi connectivity index (χ1n) is 6.82. The van der Waals surface area contributed by atoms with Gasteiger partial charge in [0.2, 0.25) is 0 Å². The summed E-state index contributed by atoms with van der Waals surface area (Å²) >= 11 is 0. The fourth-order valence-corrected chi connectivity index (χ4v) is 3.29. The number of nitrogen functional groups attached to an aromatic ring is 1. The third-order valence-electron chi connectivity index (χ3n) is 3.05. The van der Waals surface area contributed by atoms with Crippen LogP contribution in [0.25, 0.3) is 0 Å². The quantitative estimate of drug-likeness (QED) is 0.833. The smallest absolute Gasteiger partial charge is 0.178 e. The van der Waals surface area contributed by atoms with E-state index in [1.807, 2.05) is 37.3 Å². The van der Waals surface area contributed by atoms with Gasteiger partial charge >= 0.3 is 0 Å². The van der Waals surface area contributed by atoms with Crippen molar-refractivity contribution in [3.8, 4) is 5.75 Å². The number of rotatable bonds is 6. The minimum atomic E-state index is -3.27. The van der Waals surface area contributed by atoms with E-state index >= 15 is 0 Å². The predicted octanol–water partition coefficient (Wildman–Crippen LogP) is 3.03. The highest BCUT2D eigenvalue weighted by Gasteiger charge is 2.15. The molecule has 0 aromatic heterocycles. The summed E-state index contributed by atoms with van der Waals surface area (Å²) in [5.74, 6) is 0.519. The number of benzene rings is 2. The molecule has 0 saturated heterocycles. The summed E-state index contributed by atoms with van der Waals surface area (Å²) in [6, 6.07) is 14.2. The summed E-state index contributed by atoms with van der Waals surface area (Å²) in [4.78, 5) is 0.251. The van der Waals surface area contributed by atoms with E-state index in [0.717, 1.165) is 5.56 Å². The molecule has 2 rings (SSSR count). The maximum absolute atomic E-state index is 12.1. The Kier molecular flexibility index (Phi) is 4.85. The number of ether oxygens (including phenoxy) is 1. The number of anilines is 1. The molecule has 0 bridgehead atoms.